The second kappa shape index (κ2) is 9.41. The molecule has 0 bridgehead atoms. The molecule has 0 unspecified atom stereocenters. The quantitative estimate of drug-likeness (QED) is 0.712. The lowest BCUT2D eigenvalue weighted by Gasteiger charge is -2.17. The second-order valence-electron chi connectivity index (χ2n) is 5.14. The molecule has 1 aromatic heterocycles. The van der Waals surface area contributed by atoms with Gasteiger partial charge in [-0.3, -0.25) is 9.59 Å². The summed E-state index contributed by atoms with van der Waals surface area (Å²) in [5.74, 6) is -0.166. The monoisotopic (exact) mass is 382 g/mol. The summed E-state index contributed by atoms with van der Waals surface area (Å²) in [6, 6.07) is 8.59. The summed E-state index contributed by atoms with van der Waals surface area (Å²) in [5.41, 5.74) is 0.450. The van der Waals surface area contributed by atoms with Crippen molar-refractivity contribution in [3.05, 3.63) is 45.6 Å². The fourth-order valence-electron chi connectivity index (χ4n) is 2.05. The van der Waals surface area contributed by atoms with Crippen molar-refractivity contribution in [2.75, 3.05) is 39.2 Å². The number of rotatable bonds is 8. The normalized spacial score (nSPS) is 10.4. The van der Waals surface area contributed by atoms with E-state index in [2.05, 4.69) is 5.32 Å². The van der Waals surface area contributed by atoms with Crippen LogP contribution in [0.3, 0.4) is 0 Å². The van der Waals surface area contributed by atoms with E-state index in [9.17, 15) is 9.59 Å². The zero-order valence-electron chi connectivity index (χ0n) is 14.0. The number of nitrogens with zero attached hydrogens (tertiary/aromatic N) is 1. The Morgan fingerprint density at radius 2 is 2.04 bits per heavy atom. The van der Waals surface area contributed by atoms with Gasteiger partial charge < -0.3 is 19.7 Å². The van der Waals surface area contributed by atoms with Crippen molar-refractivity contribution in [2.45, 2.75) is 0 Å². The third-order valence-corrected chi connectivity index (χ3v) is 4.39. The smallest absolute Gasteiger partial charge is 0.264 e. The van der Waals surface area contributed by atoms with Crippen LogP contribution in [0.4, 0.5) is 5.69 Å². The van der Waals surface area contributed by atoms with Gasteiger partial charge in [-0.15, -0.1) is 11.3 Å². The van der Waals surface area contributed by atoms with E-state index < -0.39 is 0 Å². The lowest BCUT2D eigenvalue weighted by Crippen LogP contribution is -2.34. The molecule has 0 saturated heterocycles. The first-order valence-corrected chi connectivity index (χ1v) is 8.77. The minimum absolute atomic E-state index is 0.0826. The summed E-state index contributed by atoms with van der Waals surface area (Å²) in [4.78, 5) is 26.4. The van der Waals surface area contributed by atoms with Crippen LogP contribution in [0, 0.1) is 0 Å². The Morgan fingerprint density at radius 3 is 2.72 bits per heavy atom. The molecule has 0 aliphatic heterocycles. The molecular formula is C17H19ClN2O4S. The Hall–Kier alpha value is -2.09. The number of anilines is 1. The maximum atomic E-state index is 12.3. The molecular weight excluding hydrogens is 364 g/mol. The van der Waals surface area contributed by atoms with Crippen molar-refractivity contribution in [2.24, 2.45) is 0 Å². The minimum atomic E-state index is -0.341. The Balaban J connectivity index is 2.00. The predicted molar refractivity (Wildman–Crippen MR) is 98.7 cm³/mol. The Bertz CT molecular complexity index is 721. The fourth-order valence-corrected chi connectivity index (χ4v) is 2.99. The standard InChI is InChI=1S/C17H19ClN2O4S/c1-20(17(22)14-7-4-10-25-14)11-15(21)19-13-6-3-5-12(18)16(13)24-9-8-23-2/h3-7,10H,8-9,11H2,1-2H3,(H,19,21). The highest BCUT2D eigenvalue weighted by molar-refractivity contribution is 7.12. The van der Waals surface area contributed by atoms with Crippen molar-refractivity contribution < 1.29 is 19.1 Å². The van der Waals surface area contributed by atoms with Crippen molar-refractivity contribution in [3.8, 4) is 5.75 Å². The Labute approximate surface area is 155 Å². The van der Waals surface area contributed by atoms with Gasteiger partial charge in [0.1, 0.15) is 6.61 Å². The summed E-state index contributed by atoms with van der Waals surface area (Å²) in [6.45, 7) is 0.622. The zero-order chi connectivity index (χ0) is 18.2. The summed E-state index contributed by atoms with van der Waals surface area (Å²) in [6.07, 6.45) is 0. The minimum Gasteiger partial charge on any atom is -0.487 e. The van der Waals surface area contributed by atoms with Gasteiger partial charge in [0, 0.05) is 14.2 Å². The molecule has 0 aliphatic carbocycles. The molecule has 6 nitrogen and oxygen atoms in total. The van der Waals surface area contributed by atoms with E-state index in [1.165, 1.54) is 16.2 Å². The third-order valence-electron chi connectivity index (χ3n) is 3.23. The van der Waals surface area contributed by atoms with Crippen LogP contribution in [0.5, 0.6) is 5.75 Å². The number of benzene rings is 1. The molecule has 2 aromatic rings. The highest BCUT2D eigenvalue weighted by atomic mass is 35.5. The predicted octanol–water partition coefficient (Wildman–Crippen LogP) is 3.14. The molecule has 0 spiro atoms. The zero-order valence-corrected chi connectivity index (χ0v) is 15.5. The maximum absolute atomic E-state index is 12.3. The average molecular weight is 383 g/mol. The molecule has 8 heteroatoms. The van der Waals surface area contributed by atoms with E-state index in [0.29, 0.717) is 34.6 Å². The van der Waals surface area contributed by atoms with Crippen LogP contribution in [0.2, 0.25) is 5.02 Å². The van der Waals surface area contributed by atoms with Gasteiger partial charge in [0.15, 0.2) is 5.75 Å². The van der Waals surface area contributed by atoms with Gasteiger partial charge in [0.05, 0.1) is 28.7 Å². The molecule has 25 heavy (non-hydrogen) atoms. The van der Waals surface area contributed by atoms with E-state index >= 15 is 0 Å². The van der Waals surface area contributed by atoms with Crippen LogP contribution >= 0.6 is 22.9 Å². The van der Waals surface area contributed by atoms with Gasteiger partial charge in [-0.2, -0.15) is 0 Å². The molecule has 2 rings (SSSR count). The highest BCUT2D eigenvalue weighted by Crippen LogP contribution is 2.32. The molecule has 0 atom stereocenters. The van der Waals surface area contributed by atoms with E-state index in [-0.39, 0.29) is 18.4 Å². The summed E-state index contributed by atoms with van der Waals surface area (Å²) >= 11 is 7.47. The molecule has 0 saturated carbocycles. The number of halogens is 1. The third kappa shape index (κ3) is 5.45. The van der Waals surface area contributed by atoms with E-state index in [0.717, 1.165) is 0 Å². The Kier molecular flexibility index (Phi) is 7.24. The summed E-state index contributed by atoms with van der Waals surface area (Å²) in [5, 5.41) is 4.93. The largest absolute Gasteiger partial charge is 0.487 e. The van der Waals surface area contributed by atoms with E-state index in [1.54, 1.807) is 44.5 Å². The van der Waals surface area contributed by atoms with Crippen LogP contribution in [0.1, 0.15) is 9.67 Å². The van der Waals surface area contributed by atoms with Gasteiger partial charge in [0.25, 0.3) is 5.91 Å². The average Bonchev–Trinajstić information content (AvgIpc) is 3.11. The first-order chi connectivity index (χ1) is 12.0. The number of likely N-dealkylation sites (N-methyl/N-ethyl adjacent to an activating group) is 1. The number of carbonyl (C=O) groups is 2. The van der Waals surface area contributed by atoms with Gasteiger partial charge in [0.2, 0.25) is 5.91 Å². The van der Waals surface area contributed by atoms with Crippen LogP contribution in [-0.4, -0.2) is 50.6 Å². The van der Waals surface area contributed by atoms with Crippen LogP contribution in [0.15, 0.2) is 35.7 Å². The molecule has 0 aliphatic rings. The molecule has 1 aromatic carbocycles. The molecule has 1 N–H and O–H groups in total. The van der Waals surface area contributed by atoms with Crippen LogP contribution < -0.4 is 10.1 Å². The van der Waals surface area contributed by atoms with Crippen LogP contribution in [0.25, 0.3) is 0 Å². The molecule has 0 fully saturated rings. The van der Waals surface area contributed by atoms with Crippen LogP contribution in [-0.2, 0) is 9.53 Å². The molecule has 0 radical (unpaired) electrons. The fraction of sp³-hybridized carbons (Fsp3) is 0.294. The summed E-state index contributed by atoms with van der Waals surface area (Å²) in [7, 11) is 3.15. The Morgan fingerprint density at radius 1 is 1.24 bits per heavy atom. The lowest BCUT2D eigenvalue weighted by atomic mass is 10.3. The van der Waals surface area contributed by atoms with E-state index in [4.69, 9.17) is 21.1 Å². The number of ether oxygens (including phenoxy) is 2. The first-order valence-electron chi connectivity index (χ1n) is 7.52. The number of nitrogens with one attached hydrogen (secondary N) is 1. The number of para-hydroxylation sites is 1. The van der Waals surface area contributed by atoms with Gasteiger partial charge in [-0.25, -0.2) is 0 Å². The van der Waals surface area contributed by atoms with Gasteiger partial charge >= 0.3 is 0 Å². The SMILES string of the molecule is COCCOc1c(Cl)cccc1NC(=O)CN(C)C(=O)c1cccs1. The van der Waals surface area contributed by atoms with Gasteiger partial charge in [-0.1, -0.05) is 23.7 Å². The van der Waals surface area contributed by atoms with Crippen molar-refractivity contribution in [1.82, 2.24) is 4.90 Å². The molecule has 2 amide bonds. The number of hydrogen-bond acceptors (Lipinski definition) is 5. The number of methoxy groups -OCH3 is 1. The van der Waals surface area contributed by atoms with Crippen molar-refractivity contribution >= 4 is 40.4 Å². The first kappa shape index (κ1) is 19.2. The second-order valence-corrected chi connectivity index (χ2v) is 6.50. The number of hydrogen-bond donors (Lipinski definition) is 1. The number of thiophene rings is 1. The number of carbonyl (C=O) groups excluding carboxylic acids is 2. The van der Waals surface area contributed by atoms with Crippen molar-refractivity contribution in [1.29, 1.82) is 0 Å². The summed E-state index contributed by atoms with van der Waals surface area (Å²) < 4.78 is 10.5. The number of amides is 2. The maximum Gasteiger partial charge on any atom is 0.264 e. The van der Waals surface area contributed by atoms with E-state index in [1.807, 2.05) is 5.38 Å². The molecule has 134 valence electrons. The molecule has 1 heterocycles. The highest BCUT2D eigenvalue weighted by Gasteiger charge is 2.17. The topological polar surface area (TPSA) is 67.9 Å². The lowest BCUT2D eigenvalue weighted by molar-refractivity contribution is -0.116. The van der Waals surface area contributed by atoms with Crippen molar-refractivity contribution in [3.63, 3.8) is 0 Å². The van der Waals surface area contributed by atoms with Gasteiger partial charge in [-0.05, 0) is 23.6 Å².